The number of amides is 1. The molecule has 1 atom stereocenters. The van der Waals surface area contributed by atoms with Gasteiger partial charge in [0.15, 0.2) is 0 Å². The van der Waals surface area contributed by atoms with Gasteiger partial charge in [-0.15, -0.1) is 0 Å². The standard InChI is InChI=1S/C16H23NO3/c1-11-7-6-8-12(2)14(11)13(9-10-18)17-15(19)20-16(3,4)5/h6-8,10,13H,9H2,1-5H3,(H,17,19)/t13-/m1/s1. The Labute approximate surface area is 120 Å². The van der Waals surface area contributed by atoms with Crippen LogP contribution in [0, 0.1) is 13.8 Å². The van der Waals surface area contributed by atoms with Crippen LogP contribution in [0.2, 0.25) is 0 Å². The molecular formula is C16H23NO3. The molecule has 0 fully saturated rings. The van der Waals surface area contributed by atoms with Gasteiger partial charge >= 0.3 is 6.09 Å². The van der Waals surface area contributed by atoms with E-state index in [1.54, 1.807) is 20.8 Å². The first-order valence-electron chi connectivity index (χ1n) is 6.74. The lowest BCUT2D eigenvalue weighted by Gasteiger charge is -2.24. The summed E-state index contributed by atoms with van der Waals surface area (Å²) >= 11 is 0. The van der Waals surface area contributed by atoms with Gasteiger partial charge < -0.3 is 14.8 Å². The molecule has 1 rings (SSSR count). The van der Waals surface area contributed by atoms with Crippen LogP contribution < -0.4 is 5.32 Å². The monoisotopic (exact) mass is 277 g/mol. The molecule has 1 amide bonds. The second kappa shape index (κ2) is 6.55. The molecule has 0 aliphatic heterocycles. The van der Waals surface area contributed by atoms with Crippen molar-refractivity contribution in [2.75, 3.05) is 0 Å². The smallest absolute Gasteiger partial charge is 0.408 e. The number of ether oxygens (including phenoxy) is 1. The van der Waals surface area contributed by atoms with Crippen LogP contribution in [-0.4, -0.2) is 18.0 Å². The SMILES string of the molecule is Cc1cccc(C)c1[C@@H](CC=O)NC(=O)OC(C)(C)C. The van der Waals surface area contributed by atoms with Crippen molar-refractivity contribution in [3.05, 3.63) is 34.9 Å². The van der Waals surface area contributed by atoms with Gasteiger partial charge in [-0.2, -0.15) is 0 Å². The Morgan fingerprint density at radius 1 is 1.30 bits per heavy atom. The van der Waals surface area contributed by atoms with Crippen molar-refractivity contribution in [2.24, 2.45) is 0 Å². The minimum absolute atomic E-state index is 0.227. The Kier molecular flexibility index (Phi) is 5.31. The number of nitrogens with one attached hydrogen (secondary N) is 1. The van der Waals surface area contributed by atoms with E-state index in [2.05, 4.69) is 5.32 Å². The van der Waals surface area contributed by atoms with E-state index in [9.17, 15) is 9.59 Å². The fourth-order valence-corrected chi connectivity index (χ4v) is 2.17. The average molecular weight is 277 g/mol. The molecule has 0 aliphatic rings. The topological polar surface area (TPSA) is 55.4 Å². The summed E-state index contributed by atoms with van der Waals surface area (Å²) in [7, 11) is 0. The number of hydrogen-bond donors (Lipinski definition) is 1. The zero-order chi connectivity index (χ0) is 15.3. The third-order valence-electron chi connectivity index (χ3n) is 2.91. The van der Waals surface area contributed by atoms with Gasteiger partial charge in [0, 0.05) is 6.42 Å². The first kappa shape index (κ1) is 16.2. The average Bonchev–Trinajstić information content (AvgIpc) is 2.26. The Bertz CT molecular complexity index is 469. The van der Waals surface area contributed by atoms with Gasteiger partial charge in [-0.3, -0.25) is 0 Å². The zero-order valence-corrected chi connectivity index (χ0v) is 12.8. The first-order valence-corrected chi connectivity index (χ1v) is 6.74. The van der Waals surface area contributed by atoms with Gasteiger partial charge in [0.25, 0.3) is 0 Å². The molecule has 0 heterocycles. The molecule has 20 heavy (non-hydrogen) atoms. The zero-order valence-electron chi connectivity index (χ0n) is 12.8. The summed E-state index contributed by atoms with van der Waals surface area (Å²) in [5, 5.41) is 2.78. The fraction of sp³-hybridized carbons (Fsp3) is 0.500. The van der Waals surface area contributed by atoms with Crippen molar-refractivity contribution >= 4 is 12.4 Å². The van der Waals surface area contributed by atoms with Crippen molar-refractivity contribution in [1.29, 1.82) is 0 Å². The molecule has 0 aromatic heterocycles. The molecule has 0 radical (unpaired) electrons. The maximum Gasteiger partial charge on any atom is 0.408 e. The third kappa shape index (κ3) is 4.68. The van der Waals surface area contributed by atoms with Crippen molar-refractivity contribution in [2.45, 2.75) is 52.7 Å². The summed E-state index contributed by atoms with van der Waals surface area (Å²) in [6, 6.07) is 5.54. The molecule has 0 bridgehead atoms. The fourth-order valence-electron chi connectivity index (χ4n) is 2.17. The molecule has 0 aliphatic carbocycles. The maximum absolute atomic E-state index is 11.9. The lowest BCUT2D eigenvalue weighted by atomic mass is 9.94. The van der Waals surface area contributed by atoms with Crippen molar-refractivity contribution in [1.82, 2.24) is 5.32 Å². The number of aryl methyl sites for hydroxylation is 2. The predicted octanol–water partition coefficient (Wildman–Crippen LogP) is 3.46. The molecule has 4 nitrogen and oxygen atoms in total. The maximum atomic E-state index is 11.9. The summed E-state index contributed by atoms with van der Waals surface area (Å²) < 4.78 is 5.25. The molecule has 1 aromatic rings. The lowest BCUT2D eigenvalue weighted by molar-refractivity contribution is -0.108. The minimum atomic E-state index is -0.559. The van der Waals surface area contributed by atoms with Crippen molar-refractivity contribution < 1.29 is 14.3 Å². The third-order valence-corrected chi connectivity index (χ3v) is 2.91. The number of carbonyl (C=O) groups is 2. The Hall–Kier alpha value is -1.84. The van der Waals surface area contributed by atoms with Crippen molar-refractivity contribution in [3.63, 3.8) is 0 Å². The summed E-state index contributed by atoms with van der Waals surface area (Å²) in [6.07, 6.45) is 0.533. The van der Waals surface area contributed by atoms with E-state index >= 15 is 0 Å². The minimum Gasteiger partial charge on any atom is -0.444 e. The Morgan fingerprint density at radius 3 is 2.30 bits per heavy atom. The number of alkyl carbamates (subject to hydrolysis) is 1. The summed E-state index contributed by atoms with van der Waals surface area (Å²) in [4.78, 5) is 22.8. The normalized spacial score (nSPS) is 12.7. The van der Waals surface area contributed by atoms with Crippen molar-refractivity contribution in [3.8, 4) is 0 Å². The molecule has 4 heteroatoms. The van der Waals surface area contributed by atoms with Crippen LogP contribution in [0.15, 0.2) is 18.2 Å². The highest BCUT2D eigenvalue weighted by Crippen LogP contribution is 2.24. The van der Waals surface area contributed by atoms with E-state index in [1.165, 1.54) is 0 Å². The summed E-state index contributed by atoms with van der Waals surface area (Å²) in [6.45, 7) is 9.36. The van der Waals surface area contributed by atoms with Crippen LogP contribution in [0.1, 0.15) is 49.9 Å². The second-order valence-corrected chi connectivity index (χ2v) is 5.91. The van der Waals surface area contributed by atoms with Crippen LogP contribution in [0.25, 0.3) is 0 Å². The highest BCUT2D eigenvalue weighted by atomic mass is 16.6. The van der Waals surface area contributed by atoms with E-state index in [1.807, 2.05) is 32.0 Å². The van der Waals surface area contributed by atoms with Gasteiger partial charge in [-0.1, -0.05) is 18.2 Å². The van der Waals surface area contributed by atoms with Crippen LogP contribution in [0.3, 0.4) is 0 Å². The Balaban J connectivity index is 2.95. The number of carbonyl (C=O) groups excluding carboxylic acids is 2. The van der Waals surface area contributed by atoms with E-state index in [0.717, 1.165) is 23.0 Å². The Morgan fingerprint density at radius 2 is 1.85 bits per heavy atom. The number of hydrogen-bond acceptors (Lipinski definition) is 3. The quantitative estimate of drug-likeness (QED) is 0.857. The summed E-state index contributed by atoms with van der Waals surface area (Å²) in [5.74, 6) is 0. The number of rotatable bonds is 4. The highest BCUT2D eigenvalue weighted by molar-refractivity contribution is 5.69. The molecule has 0 saturated heterocycles. The highest BCUT2D eigenvalue weighted by Gasteiger charge is 2.22. The molecule has 0 saturated carbocycles. The van der Waals surface area contributed by atoms with Gasteiger partial charge in [0.1, 0.15) is 11.9 Å². The van der Waals surface area contributed by atoms with Gasteiger partial charge in [0.2, 0.25) is 0 Å². The first-order chi connectivity index (χ1) is 9.24. The van der Waals surface area contributed by atoms with Gasteiger partial charge in [0.05, 0.1) is 6.04 Å². The number of aldehydes is 1. The molecule has 0 spiro atoms. The predicted molar refractivity (Wildman–Crippen MR) is 78.7 cm³/mol. The van der Waals surface area contributed by atoms with E-state index in [4.69, 9.17) is 4.74 Å². The molecule has 0 unspecified atom stereocenters. The number of benzene rings is 1. The van der Waals surface area contributed by atoms with E-state index in [-0.39, 0.29) is 12.5 Å². The second-order valence-electron chi connectivity index (χ2n) is 5.91. The summed E-state index contributed by atoms with van der Waals surface area (Å²) in [5.41, 5.74) is 2.52. The molecular weight excluding hydrogens is 254 g/mol. The lowest BCUT2D eigenvalue weighted by Crippen LogP contribution is -2.35. The van der Waals surface area contributed by atoms with Gasteiger partial charge in [-0.05, 0) is 51.3 Å². The molecule has 110 valence electrons. The van der Waals surface area contributed by atoms with Crippen LogP contribution >= 0.6 is 0 Å². The molecule has 1 N–H and O–H groups in total. The van der Waals surface area contributed by atoms with Crippen LogP contribution in [0.5, 0.6) is 0 Å². The largest absolute Gasteiger partial charge is 0.444 e. The van der Waals surface area contributed by atoms with Gasteiger partial charge in [-0.25, -0.2) is 4.79 Å². The molecule has 1 aromatic carbocycles. The van der Waals surface area contributed by atoms with E-state index in [0.29, 0.717) is 0 Å². The van der Waals surface area contributed by atoms with E-state index < -0.39 is 11.7 Å². The van der Waals surface area contributed by atoms with Crippen LogP contribution in [-0.2, 0) is 9.53 Å². The van der Waals surface area contributed by atoms with Crippen LogP contribution in [0.4, 0.5) is 4.79 Å².